The third-order valence-electron chi connectivity index (χ3n) is 2.70. The summed E-state index contributed by atoms with van der Waals surface area (Å²) < 4.78 is 54.0. The lowest BCUT2D eigenvalue weighted by molar-refractivity contribution is -0.137. The van der Waals surface area contributed by atoms with Crippen molar-refractivity contribution in [2.75, 3.05) is 6.79 Å². The average molecular weight is 287 g/mol. The number of hydrogen-bond acceptors (Lipinski definition) is 6. The molecule has 9 heteroatoms. The zero-order valence-corrected chi connectivity index (χ0v) is 9.90. The number of benzene rings is 1. The Morgan fingerprint density at radius 1 is 1.20 bits per heavy atom. The molecule has 6 nitrogen and oxygen atoms in total. The summed E-state index contributed by atoms with van der Waals surface area (Å²) in [6.45, 7) is -0.185. The van der Waals surface area contributed by atoms with Crippen molar-refractivity contribution < 1.29 is 27.2 Å². The van der Waals surface area contributed by atoms with Crippen LogP contribution in [0.3, 0.4) is 0 Å². The number of alkyl halides is 3. The lowest BCUT2D eigenvalue weighted by Crippen LogP contribution is -2.08. The molecule has 2 aromatic rings. The van der Waals surface area contributed by atoms with Crippen molar-refractivity contribution in [3.8, 4) is 22.9 Å². The highest BCUT2D eigenvalue weighted by atomic mass is 19.4. The van der Waals surface area contributed by atoms with E-state index < -0.39 is 11.7 Å². The van der Waals surface area contributed by atoms with Gasteiger partial charge in [0.15, 0.2) is 11.5 Å². The molecule has 0 saturated heterocycles. The standard InChI is InChI=1S/C11H8F3N3O3/c12-11(13,14)6-2-8-7(18-4-19-8)1-5(6)10-16-9(3-15)20-17-10/h1-2H,3-4,15H2. The Bertz CT molecular complexity index is 654. The zero-order valence-electron chi connectivity index (χ0n) is 9.90. The van der Waals surface area contributed by atoms with Gasteiger partial charge in [0.05, 0.1) is 12.1 Å². The second kappa shape index (κ2) is 4.37. The maximum Gasteiger partial charge on any atom is 0.417 e. The van der Waals surface area contributed by atoms with Crippen molar-refractivity contribution in [2.24, 2.45) is 5.73 Å². The Labute approximate surface area is 110 Å². The number of fused-ring (bicyclic) bond motifs is 1. The molecule has 0 saturated carbocycles. The molecule has 0 bridgehead atoms. The van der Waals surface area contributed by atoms with Crippen LogP contribution in [0.2, 0.25) is 0 Å². The first-order valence-electron chi connectivity index (χ1n) is 5.53. The maximum atomic E-state index is 13.1. The molecule has 2 N–H and O–H groups in total. The molecule has 0 unspecified atom stereocenters. The van der Waals surface area contributed by atoms with E-state index in [-0.39, 0.29) is 42.1 Å². The van der Waals surface area contributed by atoms with Gasteiger partial charge in [-0.25, -0.2) is 0 Å². The zero-order chi connectivity index (χ0) is 14.3. The van der Waals surface area contributed by atoms with Gasteiger partial charge in [0.1, 0.15) is 0 Å². The molecule has 20 heavy (non-hydrogen) atoms. The van der Waals surface area contributed by atoms with E-state index in [9.17, 15) is 13.2 Å². The molecule has 1 aliphatic heterocycles. The van der Waals surface area contributed by atoms with Gasteiger partial charge in [-0.3, -0.25) is 0 Å². The minimum absolute atomic E-state index is 0.0311. The van der Waals surface area contributed by atoms with E-state index in [1.165, 1.54) is 6.07 Å². The van der Waals surface area contributed by atoms with Gasteiger partial charge in [-0.1, -0.05) is 5.16 Å². The summed E-state index contributed by atoms with van der Waals surface area (Å²) in [5.41, 5.74) is 4.12. The first-order chi connectivity index (χ1) is 9.49. The fourth-order valence-electron chi connectivity index (χ4n) is 1.81. The smallest absolute Gasteiger partial charge is 0.417 e. The first kappa shape index (κ1) is 12.7. The van der Waals surface area contributed by atoms with Gasteiger partial charge >= 0.3 is 6.18 Å². The Hall–Kier alpha value is -2.29. The molecule has 0 aliphatic carbocycles. The van der Waals surface area contributed by atoms with Gasteiger partial charge in [-0.15, -0.1) is 0 Å². The molecule has 3 rings (SSSR count). The van der Waals surface area contributed by atoms with Crippen LogP contribution in [0.25, 0.3) is 11.4 Å². The number of halogens is 3. The number of ether oxygens (including phenoxy) is 2. The molecule has 1 aromatic carbocycles. The van der Waals surface area contributed by atoms with E-state index in [1.54, 1.807) is 0 Å². The summed E-state index contributed by atoms with van der Waals surface area (Å²) in [6, 6.07) is 2.03. The van der Waals surface area contributed by atoms with Crippen LogP contribution in [-0.2, 0) is 12.7 Å². The van der Waals surface area contributed by atoms with Crippen molar-refractivity contribution in [2.45, 2.75) is 12.7 Å². The van der Waals surface area contributed by atoms with E-state index >= 15 is 0 Å². The number of hydrogen-bond donors (Lipinski definition) is 1. The third-order valence-corrected chi connectivity index (χ3v) is 2.70. The summed E-state index contributed by atoms with van der Waals surface area (Å²) in [6.07, 6.45) is -4.58. The van der Waals surface area contributed by atoms with E-state index in [1.807, 2.05) is 0 Å². The highest BCUT2D eigenvalue weighted by Crippen LogP contribution is 2.44. The predicted octanol–water partition coefficient (Wildman–Crippen LogP) is 1.94. The van der Waals surface area contributed by atoms with Crippen molar-refractivity contribution in [1.29, 1.82) is 0 Å². The average Bonchev–Trinajstić information content (AvgIpc) is 3.04. The summed E-state index contributed by atoms with van der Waals surface area (Å²) in [4.78, 5) is 3.80. The van der Waals surface area contributed by atoms with Crippen LogP contribution >= 0.6 is 0 Å². The normalized spacial score (nSPS) is 13.8. The van der Waals surface area contributed by atoms with Gasteiger partial charge in [0.25, 0.3) is 0 Å². The summed E-state index contributed by atoms with van der Waals surface area (Å²) in [5, 5.41) is 3.49. The lowest BCUT2D eigenvalue weighted by atomic mass is 10.1. The molecule has 1 aromatic heterocycles. The van der Waals surface area contributed by atoms with Crippen LogP contribution < -0.4 is 15.2 Å². The minimum atomic E-state index is -4.58. The van der Waals surface area contributed by atoms with Gasteiger partial charge in [0.2, 0.25) is 18.5 Å². The molecule has 106 valence electrons. The van der Waals surface area contributed by atoms with E-state index in [2.05, 4.69) is 10.1 Å². The molecule has 0 spiro atoms. The van der Waals surface area contributed by atoms with Gasteiger partial charge in [-0.05, 0) is 12.1 Å². The SMILES string of the molecule is NCc1nc(-c2cc3c(cc2C(F)(F)F)OCO3)no1. The molecule has 1 aliphatic rings. The molecule has 0 radical (unpaired) electrons. The maximum absolute atomic E-state index is 13.1. The van der Waals surface area contributed by atoms with E-state index in [0.29, 0.717) is 0 Å². The van der Waals surface area contributed by atoms with Crippen molar-refractivity contribution in [3.05, 3.63) is 23.6 Å². The highest BCUT2D eigenvalue weighted by molar-refractivity contribution is 5.67. The van der Waals surface area contributed by atoms with Gasteiger partial charge < -0.3 is 19.7 Å². The minimum Gasteiger partial charge on any atom is -0.454 e. The fraction of sp³-hybridized carbons (Fsp3) is 0.273. The molecule has 2 heterocycles. The number of nitrogens with two attached hydrogens (primary N) is 1. The van der Waals surface area contributed by atoms with E-state index in [0.717, 1.165) is 6.07 Å². The van der Waals surface area contributed by atoms with Crippen LogP contribution in [0, 0.1) is 0 Å². The summed E-state index contributed by atoms with van der Waals surface area (Å²) >= 11 is 0. The monoisotopic (exact) mass is 287 g/mol. The molecule has 0 atom stereocenters. The second-order valence-corrected chi connectivity index (χ2v) is 3.96. The van der Waals surface area contributed by atoms with Crippen LogP contribution in [0.1, 0.15) is 11.5 Å². The van der Waals surface area contributed by atoms with Crippen LogP contribution in [0.4, 0.5) is 13.2 Å². The molecular weight excluding hydrogens is 279 g/mol. The number of rotatable bonds is 2. The van der Waals surface area contributed by atoms with E-state index in [4.69, 9.17) is 19.7 Å². The Morgan fingerprint density at radius 3 is 2.50 bits per heavy atom. The summed E-state index contributed by atoms with van der Waals surface area (Å²) in [5.74, 6) is 0.0811. The van der Waals surface area contributed by atoms with Gasteiger partial charge in [0, 0.05) is 5.56 Å². The Balaban J connectivity index is 2.17. The number of nitrogens with zero attached hydrogens (tertiary/aromatic N) is 2. The first-order valence-corrected chi connectivity index (χ1v) is 5.53. The molecule has 0 amide bonds. The molecule has 0 fully saturated rings. The predicted molar refractivity (Wildman–Crippen MR) is 58.8 cm³/mol. The lowest BCUT2D eigenvalue weighted by Gasteiger charge is -2.11. The van der Waals surface area contributed by atoms with Crippen molar-refractivity contribution in [3.63, 3.8) is 0 Å². The highest BCUT2D eigenvalue weighted by Gasteiger charge is 2.37. The van der Waals surface area contributed by atoms with Crippen LogP contribution in [0.15, 0.2) is 16.7 Å². The molecular formula is C11H8F3N3O3. The van der Waals surface area contributed by atoms with Crippen LogP contribution in [0.5, 0.6) is 11.5 Å². The third kappa shape index (κ3) is 2.05. The number of aromatic nitrogens is 2. The quantitative estimate of drug-likeness (QED) is 0.908. The Kier molecular flexibility index (Phi) is 2.78. The van der Waals surface area contributed by atoms with Crippen molar-refractivity contribution in [1.82, 2.24) is 10.1 Å². The van der Waals surface area contributed by atoms with Gasteiger partial charge in [-0.2, -0.15) is 18.2 Å². The fourth-order valence-corrected chi connectivity index (χ4v) is 1.81. The Morgan fingerprint density at radius 2 is 1.90 bits per heavy atom. The largest absolute Gasteiger partial charge is 0.454 e. The second-order valence-electron chi connectivity index (χ2n) is 3.96. The summed E-state index contributed by atoms with van der Waals surface area (Å²) in [7, 11) is 0. The van der Waals surface area contributed by atoms with Crippen LogP contribution in [-0.4, -0.2) is 16.9 Å². The topological polar surface area (TPSA) is 83.4 Å². The van der Waals surface area contributed by atoms with Crippen molar-refractivity contribution >= 4 is 0 Å².